The molecule has 0 spiro atoms. The molecule has 16 heavy (non-hydrogen) atoms. The monoisotopic (exact) mass is 221 g/mol. The summed E-state index contributed by atoms with van der Waals surface area (Å²) in [5.74, 6) is 1.03. The first kappa shape index (κ1) is 13.0. The molecule has 1 atom stereocenters. The van der Waals surface area contributed by atoms with Crippen molar-refractivity contribution < 1.29 is 4.74 Å². The summed E-state index contributed by atoms with van der Waals surface area (Å²) in [6.45, 7) is 7.11. The fourth-order valence-electron chi connectivity index (χ4n) is 1.66. The van der Waals surface area contributed by atoms with E-state index < -0.39 is 0 Å². The van der Waals surface area contributed by atoms with Gasteiger partial charge < -0.3 is 9.64 Å². The first-order valence-electron chi connectivity index (χ1n) is 5.93. The Labute approximate surface area is 99.2 Å². The molecule has 0 aliphatic rings. The van der Waals surface area contributed by atoms with Crippen LogP contribution in [0, 0.1) is 6.92 Å². The van der Waals surface area contributed by atoms with Crippen LogP contribution < -0.4 is 4.74 Å². The van der Waals surface area contributed by atoms with Gasteiger partial charge in [0.2, 0.25) is 0 Å². The number of ether oxygens (including phenoxy) is 1. The van der Waals surface area contributed by atoms with Gasteiger partial charge in [-0.05, 0) is 52.9 Å². The minimum absolute atomic E-state index is 0.529. The quantitative estimate of drug-likeness (QED) is 0.758. The summed E-state index contributed by atoms with van der Waals surface area (Å²) in [7, 11) is 4.22. The summed E-state index contributed by atoms with van der Waals surface area (Å²) >= 11 is 0. The van der Waals surface area contributed by atoms with Crippen LogP contribution in [0.1, 0.15) is 25.0 Å². The van der Waals surface area contributed by atoms with E-state index in [1.807, 2.05) is 6.92 Å². The molecular weight excluding hydrogens is 198 g/mol. The van der Waals surface area contributed by atoms with Crippen molar-refractivity contribution in [3.05, 3.63) is 29.3 Å². The molecule has 0 bridgehead atoms. The molecular formula is C14H23NO. The zero-order valence-electron chi connectivity index (χ0n) is 11.1. The van der Waals surface area contributed by atoms with Crippen LogP contribution in [0.25, 0.3) is 0 Å². The molecule has 0 fully saturated rings. The average molecular weight is 221 g/mol. The molecule has 0 saturated heterocycles. The van der Waals surface area contributed by atoms with Crippen molar-refractivity contribution in [1.29, 1.82) is 0 Å². The molecule has 0 amide bonds. The average Bonchev–Trinajstić information content (AvgIpc) is 2.22. The van der Waals surface area contributed by atoms with Gasteiger partial charge in [-0.15, -0.1) is 0 Å². The van der Waals surface area contributed by atoms with Crippen molar-refractivity contribution in [2.45, 2.75) is 33.2 Å². The van der Waals surface area contributed by atoms with Gasteiger partial charge in [-0.2, -0.15) is 0 Å². The van der Waals surface area contributed by atoms with Crippen molar-refractivity contribution in [2.75, 3.05) is 20.7 Å². The first-order valence-corrected chi connectivity index (χ1v) is 5.93. The van der Waals surface area contributed by atoms with Gasteiger partial charge in [-0.1, -0.05) is 17.7 Å². The van der Waals surface area contributed by atoms with E-state index in [1.165, 1.54) is 11.1 Å². The lowest BCUT2D eigenvalue weighted by molar-refractivity contribution is 0.301. The number of rotatable bonds is 5. The molecule has 0 radical (unpaired) electrons. The topological polar surface area (TPSA) is 12.5 Å². The highest BCUT2D eigenvalue weighted by atomic mass is 16.5. The van der Waals surface area contributed by atoms with Crippen molar-refractivity contribution in [1.82, 2.24) is 4.90 Å². The molecule has 0 aliphatic carbocycles. The number of hydrogen-bond acceptors (Lipinski definition) is 2. The van der Waals surface area contributed by atoms with Crippen LogP contribution in [0.3, 0.4) is 0 Å². The highest BCUT2D eigenvalue weighted by Crippen LogP contribution is 2.22. The van der Waals surface area contributed by atoms with E-state index in [1.54, 1.807) is 0 Å². The Morgan fingerprint density at radius 1 is 1.31 bits per heavy atom. The van der Waals surface area contributed by atoms with E-state index in [9.17, 15) is 0 Å². The Bertz CT molecular complexity index is 334. The van der Waals surface area contributed by atoms with Gasteiger partial charge in [0.25, 0.3) is 0 Å². The van der Waals surface area contributed by atoms with Crippen LogP contribution in [0.5, 0.6) is 5.75 Å². The van der Waals surface area contributed by atoms with Gasteiger partial charge in [0.15, 0.2) is 0 Å². The number of aryl methyl sites for hydroxylation is 1. The summed E-state index contributed by atoms with van der Waals surface area (Å²) in [5, 5.41) is 0. The van der Waals surface area contributed by atoms with Crippen LogP contribution in [-0.4, -0.2) is 31.6 Å². The number of nitrogens with zero attached hydrogens (tertiary/aromatic N) is 1. The maximum absolute atomic E-state index is 5.65. The number of benzene rings is 1. The van der Waals surface area contributed by atoms with Gasteiger partial charge in [0, 0.05) is 6.04 Å². The maximum Gasteiger partial charge on any atom is 0.122 e. The largest absolute Gasteiger partial charge is 0.494 e. The van der Waals surface area contributed by atoms with Crippen molar-refractivity contribution >= 4 is 0 Å². The molecule has 1 unspecified atom stereocenters. The van der Waals surface area contributed by atoms with Gasteiger partial charge in [-0.25, -0.2) is 0 Å². The van der Waals surface area contributed by atoms with E-state index in [-0.39, 0.29) is 0 Å². The second-order valence-corrected chi connectivity index (χ2v) is 4.56. The summed E-state index contributed by atoms with van der Waals surface area (Å²) in [6.07, 6.45) is 1.03. The third-order valence-corrected chi connectivity index (χ3v) is 2.91. The number of hydrogen-bond donors (Lipinski definition) is 0. The van der Waals surface area contributed by atoms with E-state index in [4.69, 9.17) is 4.74 Å². The minimum Gasteiger partial charge on any atom is -0.494 e. The zero-order valence-corrected chi connectivity index (χ0v) is 11.1. The molecule has 2 heteroatoms. The molecule has 1 rings (SSSR count). The van der Waals surface area contributed by atoms with E-state index in [0.717, 1.165) is 18.8 Å². The highest BCUT2D eigenvalue weighted by molar-refractivity contribution is 5.37. The van der Waals surface area contributed by atoms with Crippen LogP contribution in [0.15, 0.2) is 18.2 Å². The summed E-state index contributed by atoms with van der Waals surface area (Å²) in [4.78, 5) is 2.23. The maximum atomic E-state index is 5.65. The molecule has 90 valence electrons. The van der Waals surface area contributed by atoms with Crippen molar-refractivity contribution in [3.8, 4) is 5.75 Å². The van der Waals surface area contributed by atoms with E-state index in [0.29, 0.717) is 6.04 Å². The van der Waals surface area contributed by atoms with E-state index in [2.05, 4.69) is 51.0 Å². The Hall–Kier alpha value is -1.02. The van der Waals surface area contributed by atoms with E-state index >= 15 is 0 Å². The van der Waals surface area contributed by atoms with Gasteiger partial charge in [0.1, 0.15) is 5.75 Å². The lowest BCUT2D eigenvalue weighted by Crippen LogP contribution is -2.26. The zero-order chi connectivity index (χ0) is 12.1. The lowest BCUT2D eigenvalue weighted by Gasteiger charge is -2.21. The molecule has 0 heterocycles. The second kappa shape index (κ2) is 5.90. The molecule has 0 saturated carbocycles. The van der Waals surface area contributed by atoms with Crippen LogP contribution in [0.2, 0.25) is 0 Å². The predicted molar refractivity (Wildman–Crippen MR) is 69.2 cm³/mol. The van der Waals surface area contributed by atoms with Crippen LogP contribution >= 0.6 is 0 Å². The smallest absolute Gasteiger partial charge is 0.122 e. The van der Waals surface area contributed by atoms with Gasteiger partial charge >= 0.3 is 0 Å². The fourth-order valence-corrected chi connectivity index (χ4v) is 1.66. The van der Waals surface area contributed by atoms with Crippen molar-refractivity contribution in [3.63, 3.8) is 0 Å². The van der Waals surface area contributed by atoms with Gasteiger partial charge in [0.05, 0.1) is 6.61 Å². The third kappa shape index (κ3) is 3.53. The van der Waals surface area contributed by atoms with Crippen molar-refractivity contribution in [2.24, 2.45) is 0 Å². The van der Waals surface area contributed by atoms with Crippen LogP contribution in [-0.2, 0) is 6.42 Å². The normalized spacial score (nSPS) is 12.9. The Morgan fingerprint density at radius 3 is 2.56 bits per heavy atom. The Morgan fingerprint density at radius 2 is 2.00 bits per heavy atom. The second-order valence-electron chi connectivity index (χ2n) is 4.56. The molecule has 0 N–H and O–H groups in total. The Kier molecular flexibility index (Phi) is 4.81. The fraction of sp³-hybridized carbons (Fsp3) is 0.571. The van der Waals surface area contributed by atoms with Crippen LogP contribution in [0.4, 0.5) is 0 Å². The summed E-state index contributed by atoms with van der Waals surface area (Å²) < 4.78 is 5.65. The standard InChI is InChI=1S/C14H23NO/c1-6-16-14-8-7-11(2)9-13(14)10-12(3)15(4)5/h7-9,12H,6,10H2,1-5H3. The minimum atomic E-state index is 0.529. The summed E-state index contributed by atoms with van der Waals surface area (Å²) in [5.41, 5.74) is 2.60. The predicted octanol–water partition coefficient (Wildman–Crippen LogP) is 2.89. The highest BCUT2D eigenvalue weighted by Gasteiger charge is 2.10. The third-order valence-electron chi connectivity index (χ3n) is 2.91. The molecule has 0 aromatic heterocycles. The number of likely N-dealkylation sites (N-methyl/N-ethyl adjacent to an activating group) is 1. The summed E-state index contributed by atoms with van der Waals surface area (Å²) in [6, 6.07) is 6.94. The lowest BCUT2D eigenvalue weighted by atomic mass is 10.0. The molecule has 1 aromatic rings. The molecule has 1 aromatic carbocycles. The SMILES string of the molecule is CCOc1ccc(C)cc1CC(C)N(C)C. The Balaban J connectivity index is 2.87. The van der Waals surface area contributed by atoms with Gasteiger partial charge in [-0.3, -0.25) is 0 Å². The molecule has 0 aliphatic heterocycles. The molecule has 2 nitrogen and oxygen atoms in total. The first-order chi connectivity index (χ1) is 7.54.